The number of rotatable bonds is 2. The lowest BCUT2D eigenvalue weighted by atomic mass is 9.76. The highest BCUT2D eigenvalue weighted by Crippen LogP contribution is 2.39. The Labute approximate surface area is 139 Å². The van der Waals surface area contributed by atoms with Crippen LogP contribution in [0.3, 0.4) is 0 Å². The van der Waals surface area contributed by atoms with E-state index in [0.717, 1.165) is 17.5 Å². The molecule has 0 radical (unpaired) electrons. The molecule has 2 heterocycles. The Hall–Kier alpha value is -2.53. The van der Waals surface area contributed by atoms with Crippen molar-refractivity contribution < 1.29 is 9.50 Å². The van der Waals surface area contributed by atoms with Gasteiger partial charge in [0.25, 0.3) is 0 Å². The summed E-state index contributed by atoms with van der Waals surface area (Å²) in [5, 5.41) is 15.8. The molecule has 0 saturated carbocycles. The summed E-state index contributed by atoms with van der Waals surface area (Å²) in [6.45, 7) is 0. The summed E-state index contributed by atoms with van der Waals surface area (Å²) >= 11 is 0. The fourth-order valence-electron chi connectivity index (χ4n) is 3.48. The van der Waals surface area contributed by atoms with E-state index in [1.807, 2.05) is 25.4 Å². The zero-order valence-corrected chi connectivity index (χ0v) is 13.4. The van der Waals surface area contributed by atoms with E-state index < -0.39 is 5.60 Å². The maximum Gasteiger partial charge on any atom is 0.141 e. The lowest BCUT2D eigenvalue weighted by Gasteiger charge is -2.33. The van der Waals surface area contributed by atoms with Crippen molar-refractivity contribution in [3.63, 3.8) is 0 Å². The minimum Gasteiger partial charge on any atom is -0.385 e. The molecule has 1 aromatic carbocycles. The molecule has 1 unspecified atom stereocenters. The molecular weight excluding hydrogens is 305 g/mol. The number of hydrogen-bond acceptors (Lipinski definition) is 3. The van der Waals surface area contributed by atoms with Crippen molar-refractivity contribution >= 4 is 0 Å². The summed E-state index contributed by atoms with van der Waals surface area (Å²) < 4.78 is 14.8. The number of fused-ring (bicyclic) bond motifs is 1. The van der Waals surface area contributed by atoms with Crippen LogP contribution < -0.4 is 0 Å². The molecule has 5 heteroatoms. The predicted octanol–water partition coefficient (Wildman–Crippen LogP) is 3.00. The van der Waals surface area contributed by atoms with Crippen molar-refractivity contribution in [2.24, 2.45) is 7.05 Å². The third-order valence-corrected chi connectivity index (χ3v) is 4.71. The van der Waals surface area contributed by atoms with Crippen LogP contribution in [0, 0.1) is 5.82 Å². The molecule has 0 aliphatic heterocycles. The van der Waals surface area contributed by atoms with Gasteiger partial charge in [-0.15, -0.1) is 0 Å². The molecule has 1 aliphatic rings. The Morgan fingerprint density at radius 2 is 1.96 bits per heavy atom. The van der Waals surface area contributed by atoms with E-state index >= 15 is 0 Å². The summed E-state index contributed by atoms with van der Waals surface area (Å²) in [7, 11) is 1.82. The zero-order chi connectivity index (χ0) is 16.7. The van der Waals surface area contributed by atoms with E-state index in [0.29, 0.717) is 24.2 Å². The van der Waals surface area contributed by atoms with Crippen LogP contribution >= 0.6 is 0 Å². The molecule has 0 fully saturated rings. The van der Waals surface area contributed by atoms with Gasteiger partial charge >= 0.3 is 0 Å². The monoisotopic (exact) mass is 323 g/mol. The first-order valence-corrected chi connectivity index (χ1v) is 8.00. The van der Waals surface area contributed by atoms with Crippen LogP contribution in [0.15, 0.2) is 48.8 Å². The number of hydrogen-bond donors (Lipinski definition) is 1. The topological polar surface area (TPSA) is 50.9 Å². The number of aliphatic hydroxyl groups is 1. The Morgan fingerprint density at radius 1 is 1.17 bits per heavy atom. The molecule has 1 N–H and O–H groups in total. The first-order chi connectivity index (χ1) is 11.5. The van der Waals surface area contributed by atoms with Crippen molar-refractivity contribution in [1.29, 1.82) is 0 Å². The highest BCUT2D eigenvalue weighted by molar-refractivity contribution is 5.60. The fraction of sp³-hybridized carbons (Fsp3) is 0.263. The standard InChI is InChI=1S/C19H18FN3O/c1-23-12-16(18(22-23)17-7-6-15(20)11-21-17)19(24)9-8-13-4-2-3-5-14(13)10-19/h2-7,11-12,24H,8-10H2,1H3. The smallest absolute Gasteiger partial charge is 0.141 e. The molecule has 2 aromatic heterocycles. The van der Waals surface area contributed by atoms with E-state index in [9.17, 15) is 9.50 Å². The van der Waals surface area contributed by atoms with Crippen LogP contribution in [0.1, 0.15) is 23.1 Å². The minimum atomic E-state index is -0.992. The van der Waals surface area contributed by atoms with E-state index in [-0.39, 0.29) is 5.82 Å². The first-order valence-electron chi connectivity index (χ1n) is 8.00. The molecule has 0 amide bonds. The summed E-state index contributed by atoms with van der Waals surface area (Å²) in [4.78, 5) is 4.13. The third-order valence-electron chi connectivity index (χ3n) is 4.71. The van der Waals surface area contributed by atoms with E-state index in [1.165, 1.54) is 17.8 Å². The van der Waals surface area contributed by atoms with E-state index in [1.54, 1.807) is 10.7 Å². The summed E-state index contributed by atoms with van der Waals surface area (Å²) in [6, 6.07) is 11.2. The first kappa shape index (κ1) is 15.0. The van der Waals surface area contributed by atoms with Crippen molar-refractivity contribution in [1.82, 2.24) is 14.8 Å². The predicted molar refractivity (Wildman–Crippen MR) is 88.8 cm³/mol. The van der Waals surface area contributed by atoms with Crippen LogP contribution in [-0.2, 0) is 25.5 Å². The SMILES string of the molecule is Cn1cc(C2(O)CCc3ccccc3C2)c(-c2ccc(F)cn2)n1. The molecule has 4 nitrogen and oxygen atoms in total. The Bertz CT molecular complexity index is 888. The average Bonchev–Trinajstić information content (AvgIpc) is 2.98. The second-order valence-corrected chi connectivity index (χ2v) is 6.40. The van der Waals surface area contributed by atoms with E-state index in [2.05, 4.69) is 22.2 Å². The number of halogens is 1. The van der Waals surface area contributed by atoms with Crippen molar-refractivity contribution in [3.8, 4) is 11.4 Å². The van der Waals surface area contributed by atoms with Gasteiger partial charge in [-0.3, -0.25) is 9.67 Å². The number of pyridine rings is 1. The largest absolute Gasteiger partial charge is 0.385 e. The van der Waals surface area contributed by atoms with Crippen LogP contribution in [0.25, 0.3) is 11.4 Å². The summed E-state index contributed by atoms with van der Waals surface area (Å²) in [6.07, 6.45) is 5.01. The molecule has 0 spiro atoms. The van der Waals surface area contributed by atoms with Gasteiger partial charge in [0.2, 0.25) is 0 Å². The number of benzene rings is 1. The van der Waals surface area contributed by atoms with Crippen molar-refractivity contribution in [2.45, 2.75) is 24.9 Å². The average molecular weight is 323 g/mol. The van der Waals surface area contributed by atoms with Gasteiger partial charge < -0.3 is 5.11 Å². The third kappa shape index (κ3) is 2.51. The second kappa shape index (κ2) is 5.53. The molecule has 3 aromatic rings. The van der Waals surface area contributed by atoms with Crippen LogP contribution in [0.2, 0.25) is 0 Å². The molecule has 1 aliphatic carbocycles. The normalized spacial score (nSPS) is 20.0. The molecule has 122 valence electrons. The zero-order valence-electron chi connectivity index (χ0n) is 13.4. The molecule has 1 atom stereocenters. The second-order valence-electron chi connectivity index (χ2n) is 6.40. The maximum atomic E-state index is 13.2. The molecule has 4 rings (SSSR count). The lowest BCUT2D eigenvalue weighted by Crippen LogP contribution is -2.33. The molecule has 24 heavy (non-hydrogen) atoms. The van der Waals surface area contributed by atoms with Crippen molar-refractivity contribution in [3.05, 3.63) is 71.3 Å². The fourth-order valence-corrected chi connectivity index (χ4v) is 3.48. The van der Waals surface area contributed by atoms with Gasteiger partial charge in [-0.25, -0.2) is 4.39 Å². The Morgan fingerprint density at radius 3 is 2.71 bits per heavy atom. The molecule has 0 saturated heterocycles. The Kier molecular flexibility index (Phi) is 3.46. The van der Waals surface area contributed by atoms with Gasteiger partial charge in [-0.05, 0) is 36.1 Å². The van der Waals surface area contributed by atoms with Gasteiger partial charge in [-0.2, -0.15) is 5.10 Å². The number of aromatic nitrogens is 3. The van der Waals surface area contributed by atoms with Gasteiger partial charge in [-0.1, -0.05) is 24.3 Å². The van der Waals surface area contributed by atoms with Gasteiger partial charge in [0.15, 0.2) is 0 Å². The van der Waals surface area contributed by atoms with Gasteiger partial charge in [0.05, 0.1) is 17.5 Å². The number of aryl methyl sites for hydroxylation is 2. The quantitative estimate of drug-likeness (QED) is 0.789. The maximum absolute atomic E-state index is 13.2. The van der Waals surface area contributed by atoms with E-state index in [4.69, 9.17) is 0 Å². The van der Waals surface area contributed by atoms with Crippen molar-refractivity contribution in [2.75, 3.05) is 0 Å². The van der Waals surface area contributed by atoms with Gasteiger partial charge in [0, 0.05) is 25.2 Å². The van der Waals surface area contributed by atoms with Crippen LogP contribution in [-0.4, -0.2) is 19.9 Å². The number of nitrogens with zero attached hydrogens (tertiary/aromatic N) is 3. The summed E-state index contributed by atoms with van der Waals surface area (Å²) in [5.41, 5.74) is 3.38. The minimum absolute atomic E-state index is 0.387. The van der Waals surface area contributed by atoms with Gasteiger partial charge in [0.1, 0.15) is 11.5 Å². The Balaban J connectivity index is 1.78. The summed E-state index contributed by atoms with van der Waals surface area (Å²) in [5.74, 6) is -0.387. The molecular formula is C19H18FN3O. The lowest BCUT2D eigenvalue weighted by molar-refractivity contribution is 0.0227. The highest BCUT2D eigenvalue weighted by atomic mass is 19.1. The molecule has 0 bridgehead atoms. The van der Waals surface area contributed by atoms with Crippen LogP contribution in [0.4, 0.5) is 4.39 Å². The highest BCUT2D eigenvalue weighted by Gasteiger charge is 2.37. The van der Waals surface area contributed by atoms with Crippen LogP contribution in [0.5, 0.6) is 0 Å².